The molecule has 0 N–H and O–H groups in total. The maximum absolute atomic E-state index is 4.74. The average Bonchev–Trinajstić information content (AvgIpc) is 2.65. The van der Waals surface area contributed by atoms with Crippen LogP contribution in [0.15, 0.2) is 48.7 Å². The summed E-state index contributed by atoms with van der Waals surface area (Å²) in [4.78, 5) is 4.74. The summed E-state index contributed by atoms with van der Waals surface area (Å²) in [5, 5.41) is 2.49. The molecule has 1 aliphatic carbocycles. The van der Waals surface area contributed by atoms with Crippen molar-refractivity contribution in [3.63, 3.8) is 0 Å². The molecule has 1 heterocycles. The van der Waals surface area contributed by atoms with E-state index in [-0.39, 0.29) is 41.8 Å². The number of hydrogen-bond donors (Lipinski definition) is 0. The van der Waals surface area contributed by atoms with Crippen molar-refractivity contribution in [3.05, 3.63) is 65.9 Å². The van der Waals surface area contributed by atoms with Gasteiger partial charge < -0.3 is 4.98 Å². The van der Waals surface area contributed by atoms with Crippen LogP contribution >= 0.6 is 0 Å². The largest absolute Gasteiger partial charge is 0.304 e. The van der Waals surface area contributed by atoms with Crippen LogP contribution in [0.3, 0.4) is 0 Å². The second kappa shape index (κ2) is 6.76. The molecule has 2 heteroatoms. The molecule has 0 unspecified atom stereocenters. The van der Waals surface area contributed by atoms with Gasteiger partial charge in [0.15, 0.2) is 0 Å². The molecule has 3 aromatic rings. The van der Waals surface area contributed by atoms with Gasteiger partial charge in [-0.3, -0.25) is 0 Å². The van der Waals surface area contributed by atoms with E-state index in [2.05, 4.69) is 91.8 Å². The van der Waals surface area contributed by atoms with Crippen LogP contribution in [0.1, 0.15) is 66.5 Å². The van der Waals surface area contributed by atoms with Gasteiger partial charge >= 0.3 is 0 Å². The summed E-state index contributed by atoms with van der Waals surface area (Å²) in [6, 6.07) is 18.5. The fourth-order valence-corrected chi connectivity index (χ4v) is 5.25. The molecule has 0 aliphatic heterocycles. The average molecular weight is 563 g/mol. The van der Waals surface area contributed by atoms with E-state index < -0.39 is 0 Å². The van der Waals surface area contributed by atoms with E-state index in [1.165, 1.54) is 21.9 Å². The Morgan fingerprint density at radius 3 is 1.90 bits per heavy atom. The van der Waals surface area contributed by atoms with Gasteiger partial charge in [0.05, 0.1) is 0 Å². The number of pyridine rings is 1. The van der Waals surface area contributed by atoms with Crippen molar-refractivity contribution in [2.24, 2.45) is 10.8 Å². The monoisotopic (exact) mass is 563 g/mol. The summed E-state index contributed by atoms with van der Waals surface area (Å²) in [7, 11) is 0. The molecule has 0 saturated carbocycles. The van der Waals surface area contributed by atoms with Gasteiger partial charge in [0, 0.05) is 26.3 Å². The topological polar surface area (TPSA) is 12.9 Å². The van der Waals surface area contributed by atoms with Gasteiger partial charge in [-0.2, -0.15) is 0 Å². The zero-order valence-corrected chi connectivity index (χ0v) is 21.3. The van der Waals surface area contributed by atoms with Gasteiger partial charge in [0.2, 0.25) is 0 Å². The molecule has 1 nitrogen and oxygen atoms in total. The Bertz CT molecular complexity index is 1060. The summed E-state index contributed by atoms with van der Waals surface area (Å²) in [6.45, 7) is 19.4. The van der Waals surface area contributed by atoms with E-state index in [1.54, 1.807) is 0 Å². The van der Waals surface area contributed by atoms with Crippen molar-refractivity contribution >= 4 is 10.8 Å². The van der Waals surface area contributed by atoms with Gasteiger partial charge in [-0.1, -0.05) is 67.5 Å². The van der Waals surface area contributed by atoms with Gasteiger partial charge in [-0.25, -0.2) is 0 Å². The quantitative estimate of drug-likeness (QED) is 0.283. The van der Waals surface area contributed by atoms with Crippen LogP contribution < -0.4 is 0 Å². The number of hydrogen-bond acceptors (Lipinski definition) is 1. The number of aromatic nitrogens is 1. The normalized spacial score (nSPS) is 20.6. The van der Waals surface area contributed by atoms with E-state index in [1.807, 2.05) is 18.3 Å². The smallest absolute Gasteiger partial charge is 0.0167 e. The zero-order chi connectivity index (χ0) is 20.5. The molecule has 155 valence electrons. The Morgan fingerprint density at radius 2 is 1.34 bits per heavy atom. The minimum absolute atomic E-state index is 0. The molecule has 1 aromatic heterocycles. The Labute approximate surface area is 189 Å². The van der Waals surface area contributed by atoms with E-state index in [0.29, 0.717) is 0 Å². The molecule has 0 spiro atoms. The summed E-state index contributed by atoms with van der Waals surface area (Å²) < 4.78 is 0. The molecule has 1 aliphatic rings. The Kier molecular flexibility index (Phi) is 5.17. The minimum Gasteiger partial charge on any atom is -0.304 e. The second-order valence-electron chi connectivity index (χ2n) is 10.6. The number of nitrogens with zero attached hydrogens (tertiary/aromatic N) is 1. The third kappa shape index (κ3) is 2.79. The van der Waals surface area contributed by atoms with Crippen molar-refractivity contribution < 1.29 is 20.1 Å². The third-order valence-corrected chi connectivity index (χ3v) is 8.90. The van der Waals surface area contributed by atoms with Crippen LogP contribution in [-0.4, -0.2) is 4.98 Å². The first-order chi connectivity index (χ1) is 12.9. The molecule has 1 radical (unpaired) electrons. The van der Waals surface area contributed by atoms with Crippen LogP contribution in [0.2, 0.25) is 0 Å². The number of rotatable bonds is 1. The molecule has 0 amide bonds. The van der Waals surface area contributed by atoms with Crippen molar-refractivity contribution in [3.8, 4) is 11.3 Å². The van der Waals surface area contributed by atoms with Gasteiger partial charge in [0.25, 0.3) is 0 Å². The van der Waals surface area contributed by atoms with Crippen LogP contribution in [0, 0.1) is 16.9 Å². The van der Waals surface area contributed by atoms with Crippen molar-refractivity contribution in [1.82, 2.24) is 4.98 Å². The first-order valence-electron chi connectivity index (χ1n) is 10.3. The van der Waals surface area contributed by atoms with Crippen LogP contribution in [0.4, 0.5) is 0 Å². The van der Waals surface area contributed by atoms with Crippen molar-refractivity contribution in [2.45, 2.75) is 66.2 Å². The maximum Gasteiger partial charge on any atom is 0.0167 e. The first kappa shape index (κ1) is 22.2. The van der Waals surface area contributed by atoms with Crippen molar-refractivity contribution in [1.29, 1.82) is 0 Å². The fraction of sp³-hybridized carbons (Fsp3) is 0.444. The Hall–Kier alpha value is -1.50. The summed E-state index contributed by atoms with van der Waals surface area (Å²) in [6.07, 6.45) is 1.93. The molecule has 2 aromatic carbocycles. The van der Waals surface area contributed by atoms with Gasteiger partial charge in [0.1, 0.15) is 0 Å². The van der Waals surface area contributed by atoms with Gasteiger partial charge in [-0.15, -0.1) is 35.9 Å². The predicted octanol–water partition coefficient (Wildman–Crippen LogP) is 7.32. The maximum atomic E-state index is 4.74. The standard InChI is InChI=1S/C27H32N.Ir/c1-24(2)21-16-19-14-15-28-23(18-12-10-9-11-13-18)20(19)17-22(21)25(3,4)27(7,8)26(24,5)6;/h9-12,14-17H,1-8H3;/q-1;. The Morgan fingerprint density at radius 1 is 0.759 bits per heavy atom. The molecule has 0 fully saturated rings. The zero-order valence-electron chi connectivity index (χ0n) is 18.9. The Balaban J connectivity index is 0.00000240. The van der Waals surface area contributed by atoms with Crippen molar-refractivity contribution in [2.75, 3.05) is 0 Å². The summed E-state index contributed by atoms with van der Waals surface area (Å²) in [5.74, 6) is 0. The van der Waals surface area contributed by atoms with E-state index >= 15 is 0 Å². The SMILES string of the molecule is CC1(C)c2cc3ccnc(-c4[c-]cccc4)c3cc2C(C)(C)C(C)(C)C1(C)C.[Ir]. The molecule has 0 bridgehead atoms. The van der Waals surface area contributed by atoms with Gasteiger partial charge in [-0.05, 0) is 55.3 Å². The molecule has 0 atom stereocenters. The molecular formula is C27H32IrN-. The third-order valence-electron chi connectivity index (χ3n) is 8.90. The molecule has 29 heavy (non-hydrogen) atoms. The molecule has 0 saturated heterocycles. The summed E-state index contributed by atoms with van der Waals surface area (Å²) >= 11 is 0. The fourth-order valence-electron chi connectivity index (χ4n) is 5.25. The van der Waals surface area contributed by atoms with Crippen LogP contribution in [0.5, 0.6) is 0 Å². The van der Waals surface area contributed by atoms with E-state index in [0.717, 1.165) is 11.3 Å². The van der Waals surface area contributed by atoms with E-state index in [4.69, 9.17) is 4.98 Å². The predicted molar refractivity (Wildman–Crippen MR) is 120 cm³/mol. The van der Waals surface area contributed by atoms with Crippen LogP contribution in [-0.2, 0) is 30.9 Å². The molecule has 4 rings (SSSR count). The number of benzene rings is 2. The second-order valence-corrected chi connectivity index (χ2v) is 10.6. The summed E-state index contributed by atoms with van der Waals surface area (Å²) in [5.41, 5.74) is 5.40. The first-order valence-corrected chi connectivity index (χ1v) is 10.3. The number of fused-ring (bicyclic) bond motifs is 2. The van der Waals surface area contributed by atoms with Crippen LogP contribution in [0.25, 0.3) is 22.0 Å². The molecular weight excluding hydrogens is 531 g/mol. The van der Waals surface area contributed by atoms with E-state index in [9.17, 15) is 0 Å². The minimum atomic E-state index is 0.